The lowest BCUT2D eigenvalue weighted by Gasteiger charge is -2.08. The van der Waals surface area contributed by atoms with Crippen LogP contribution in [0, 0.1) is 0 Å². The fourth-order valence-corrected chi connectivity index (χ4v) is 3.21. The molecule has 0 atom stereocenters. The monoisotopic (exact) mass is 298 g/mol. The van der Waals surface area contributed by atoms with Crippen molar-refractivity contribution in [3.63, 3.8) is 0 Å². The molecule has 1 aliphatic rings. The number of benzene rings is 1. The van der Waals surface area contributed by atoms with E-state index in [1.807, 2.05) is 28.9 Å². The Hall–Kier alpha value is -1.99. The molecule has 3 aromatic rings. The van der Waals surface area contributed by atoms with E-state index in [9.17, 15) is 0 Å². The van der Waals surface area contributed by atoms with Crippen LogP contribution in [0.2, 0.25) is 0 Å². The molecule has 1 saturated carbocycles. The molecule has 2 heterocycles. The molecule has 7 heteroatoms. The van der Waals surface area contributed by atoms with E-state index in [-0.39, 0.29) is 0 Å². The summed E-state index contributed by atoms with van der Waals surface area (Å²) < 4.78 is 1.89. The molecule has 0 radical (unpaired) electrons. The normalized spacial score (nSPS) is 14.7. The topological polar surface area (TPSA) is 82.5 Å². The van der Waals surface area contributed by atoms with E-state index >= 15 is 0 Å². The van der Waals surface area contributed by atoms with Crippen molar-refractivity contribution >= 4 is 22.7 Å². The molecular weight excluding hydrogens is 284 g/mol. The minimum Gasteiger partial charge on any atom is -0.326 e. The second kappa shape index (κ2) is 5.09. The van der Waals surface area contributed by atoms with Gasteiger partial charge in [0.15, 0.2) is 0 Å². The Morgan fingerprint density at radius 2 is 2.14 bits per heavy atom. The van der Waals surface area contributed by atoms with Crippen LogP contribution in [0.1, 0.15) is 24.4 Å². The molecule has 0 saturated heterocycles. The van der Waals surface area contributed by atoms with Crippen LogP contribution in [0.4, 0.5) is 0 Å². The second-order valence-electron chi connectivity index (χ2n) is 5.09. The number of tetrazole rings is 1. The maximum Gasteiger partial charge on any atom is 0.215 e. The number of pyridine rings is 1. The number of rotatable bonds is 4. The summed E-state index contributed by atoms with van der Waals surface area (Å²) in [5, 5.41) is 14.7. The summed E-state index contributed by atoms with van der Waals surface area (Å²) in [6, 6.07) is 10.6. The first-order chi connectivity index (χ1) is 10.3. The van der Waals surface area contributed by atoms with Gasteiger partial charge in [-0.1, -0.05) is 18.2 Å². The van der Waals surface area contributed by atoms with E-state index < -0.39 is 0 Å². The standard InChI is InChI=1S/C14H14N6S/c15-8-10-7-9-3-1-2-4-12(9)16-13(10)21-14-17-18-19-20(14)11-5-6-11/h1-4,7,11H,5-6,8,15H2. The van der Waals surface area contributed by atoms with Gasteiger partial charge in [-0.05, 0) is 52.7 Å². The van der Waals surface area contributed by atoms with E-state index in [1.165, 1.54) is 11.8 Å². The Balaban J connectivity index is 1.76. The number of hydrogen-bond acceptors (Lipinski definition) is 6. The number of aromatic nitrogens is 5. The number of fused-ring (bicyclic) bond motifs is 1. The van der Waals surface area contributed by atoms with Gasteiger partial charge in [0.05, 0.1) is 11.6 Å². The summed E-state index contributed by atoms with van der Waals surface area (Å²) >= 11 is 1.49. The summed E-state index contributed by atoms with van der Waals surface area (Å²) in [4.78, 5) is 4.72. The Morgan fingerprint density at radius 3 is 2.95 bits per heavy atom. The molecule has 2 aromatic heterocycles. The Kier molecular flexibility index (Phi) is 3.08. The van der Waals surface area contributed by atoms with Gasteiger partial charge >= 0.3 is 0 Å². The lowest BCUT2D eigenvalue weighted by atomic mass is 10.1. The molecule has 0 unspecified atom stereocenters. The second-order valence-corrected chi connectivity index (χ2v) is 6.04. The van der Waals surface area contributed by atoms with Crippen molar-refractivity contribution in [2.75, 3.05) is 0 Å². The zero-order chi connectivity index (χ0) is 14.2. The minimum absolute atomic E-state index is 0.448. The molecule has 0 spiro atoms. The third-order valence-corrected chi connectivity index (χ3v) is 4.52. The molecular formula is C14H14N6S. The minimum atomic E-state index is 0.448. The fourth-order valence-electron chi connectivity index (χ4n) is 2.26. The molecule has 21 heavy (non-hydrogen) atoms. The average molecular weight is 298 g/mol. The van der Waals surface area contributed by atoms with Crippen molar-refractivity contribution < 1.29 is 0 Å². The predicted molar refractivity (Wildman–Crippen MR) is 79.8 cm³/mol. The third-order valence-electron chi connectivity index (χ3n) is 3.53. The van der Waals surface area contributed by atoms with Crippen molar-refractivity contribution in [1.82, 2.24) is 25.2 Å². The molecule has 0 aliphatic heterocycles. The summed E-state index contributed by atoms with van der Waals surface area (Å²) in [6.07, 6.45) is 2.29. The molecule has 1 aromatic carbocycles. The Morgan fingerprint density at radius 1 is 1.29 bits per heavy atom. The molecule has 1 fully saturated rings. The highest BCUT2D eigenvalue weighted by Crippen LogP contribution is 2.38. The van der Waals surface area contributed by atoms with Crippen LogP contribution in [0.15, 0.2) is 40.5 Å². The van der Waals surface area contributed by atoms with Gasteiger partial charge in [-0.2, -0.15) is 0 Å². The van der Waals surface area contributed by atoms with Gasteiger partial charge in [-0.15, -0.1) is 5.10 Å². The Labute approximate surface area is 125 Å². The van der Waals surface area contributed by atoms with Crippen molar-refractivity contribution in [2.24, 2.45) is 5.73 Å². The van der Waals surface area contributed by atoms with Crippen molar-refractivity contribution in [1.29, 1.82) is 0 Å². The van der Waals surface area contributed by atoms with E-state index in [0.717, 1.165) is 39.5 Å². The van der Waals surface area contributed by atoms with E-state index in [1.54, 1.807) is 0 Å². The fraction of sp³-hybridized carbons (Fsp3) is 0.286. The van der Waals surface area contributed by atoms with E-state index in [0.29, 0.717) is 12.6 Å². The lowest BCUT2D eigenvalue weighted by Crippen LogP contribution is -2.03. The summed E-state index contributed by atoms with van der Waals surface area (Å²) in [6.45, 7) is 0.450. The number of nitrogens with zero attached hydrogens (tertiary/aromatic N) is 5. The number of hydrogen-bond donors (Lipinski definition) is 1. The van der Waals surface area contributed by atoms with Crippen molar-refractivity contribution in [3.05, 3.63) is 35.9 Å². The first kappa shape index (κ1) is 12.7. The zero-order valence-electron chi connectivity index (χ0n) is 11.3. The van der Waals surface area contributed by atoms with Gasteiger partial charge in [0, 0.05) is 11.9 Å². The van der Waals surface area contributed by atoms with Gasteiger partial charge in [-0.25, -0.2) is 9.67 Å². The van der Waals surface area contributed by atoms with Crippen LogP contribution >= 0.6 is 11.8 Å². The molecule has 0 amide bonds. The third kappa shape index (κ3) is 2.38. The van der Waals surface area contributed by atoms with Crippen LogP contribution in [0.25, 0.3) is 10.9 Å². The quantitative estimate of drug-likeness (QED) is 0.795. The first-order valence-corrected chi connectivity index (χ1v) is 7.71. The van der Waals surface area contributed by atoms with Crippen LogP contribution < -0.4 is 5.73 Å². The predicted octanol–water partition coefficient (Wildman–Crippen LogP) is 2.17. The summed E-state index contributed by atoms with van der Waals surface area (Å²) in [7, 11) is 0. The van der Waals surface area contributed by atoms with Gasteiger partial charge in [-0.3, -0.25) is 0 Å². The molecule has 4 rings (SSSR count). The van der Waals surface area contributed by atoms with Gasteiger partial charge in [0.1, 0.15) is 5.03 Å². The van der Waals surface area contributed by atoms with E-state index in [2.05, 4.69) is 21.6 Å². The van der Waals surface area contributed by atoms with Crippen LogP contribution in [0.3, 0.4) is 0 Å². The average Bonchev–Trinajstić information content (AvgIpc) is 3.26. The van der Waals surface area contributed by atoms with E-state index in [4.69, 9.17) is 10.7 Å². The Bertz CT molecular complexity index is 795. The molecule has 1 aliphatic carbocycles. The summed E-state index contributed by atoms with van der Waals surface area (Å²) in [5.74, 6) is 0. The first-order valence-electron chi connectivity index (χ1n) is 6.89. The SMILES string of the molecule is NCc1cc2ccccc2nc1Sc1nnnn1C1CC1. The molecule has 106 valence electrons. The van der Waals surface area contributed by atoms with Crippen LogP contribution in [0.5, 0.6) is 0 Å². The van der Waals surface area contributed by atoms with Crippen molar-refractivity contribution in [3.8, 4) is 0 Å². The summed E-state index contributed by atoms with van der Waals surface area (Å²) in [5.41, 5.74) is 7.85. The molecule has 0 bridgehead atoms. The van der Waals surface area contributed by atoms with Crippen LogP contribution in [-0.2, 0) is 6.54 Å². The smallest absolute Gasteiger partial charge is 0.215 e. The highest BCUT2D eigenvalue weighted by Gasteiger charge is 2.28. The largest absolute Gasteiger partial charge is 0.326 e. The highest BCUT2D eigenvalue weighted by atomic mass is 32.2. The number of nitrogens with two attached hydrogens (primary N) is 1. The molecule has 6 nitrogen and oxygen atoms in total. The lowest BCUT2D eigenvalue weighted by molar-refractivity contribution is 0.565. The maximum atomic E-state index is 5.87. The zero-order valence-corrected chi connectivity index (χ0v) is 12.1. The number of para-hydroxylation sites is 1. The van der Waals surface area contributed by atoms with Crippen molar-refractivity contribution in [2.45, 2.75) is 35.6 Å². The van der Waals surface area contributed by atoms with Gasteiger partial charge < -0.3 is 5.73 Å². The van der Waals surface area contributed by atoms with Crippen LogP contribution in [-0.4, -0.2) is 25.2 Å². The highest BCUT2D eigenvalue weighted by molar-refractivity contribution is 7.99. The van der Waals surface area contributed by atoms with Gasteiger partial charge in [0.2, 0.25) is 5.16 Å². The van der Waals surface area contributed by atoms with Gasteiger partial charge in [0.25, 0.3) is 0 Å². The molecule has 2 N–H and O–H groups in total. The maximum absolute atomic E-state index is 5.87.